The largest absolute Gasteiger partial charge is 0.461 e. The lowest BCUT2D eigenvalue weighted by Crippen LogP contribution is -2.16. The van der Waals surface area contributed by atoms with Gasteiger partial charge in [-0.25, -0.2) is 4.79 Å². The summed E-state index contributed by atoms with van der Waals surface area (Å²) in [6.45, 7) is 2.01. The number of anilines is 1. The monoisotopic (exact) mass is 445 g/mol. The summed E-state index contributed by atoms with van der Waals surface area (Å²) < 4.78 is 11.7. The van der Waals surface area contributed by atoms with Gasteiger partial charge in [-0.3, -0.25) is 4.79 Å². The Kier molecular flexibility index (Phi) is 5.77. The lowest BCUT2D eigenvalue weighted by atomic mass is 9.94. The first-order valence-electron chi connectivity index (χ1n) is 11.5. The van der Waals surface area contributed by atoms with E-state index in [0.717, 1.165) is 58.9 Å². The van der Waals surface area contributed by atoms with E-state index in [1.165, 1.54) is 5.56 Å². The molecule has 0 radical (unpaired) electrons. The fraction of sp³-hybridized carbons (Fsp3) is 0.333. The Labute approximate surface area is 191 Å². The molecule has 6 nitrogen and oxygen atoms in total. The number of hydrogen-bond acceptors (Lipinski definition) is 5. The summed E-state index contributed by atoms with van der Waals surface area (Å²) in [4.78, 5) is 25.2. The Bertz CT molecular complexity index is 1390. The second-order valence-corrected chi connectivity index (χ2v) is 8.77. The fourth-order valence-electron chi connectivity index (χ4n) is 4.78. The van der Waals surface area contributed by atoms with E-state index in [9.17, 15) is 9.59 Å². The van der Waals surface area contributed by atoms with Crippen molar-refractivity contribution in [2.75, 3.05) is 11.9 Å². The maximum atomic E-state index is 12.7. The van der Waals surface area contributed by atoms with Gasteiger partial charge >= 0.3 is 5.63 Å². The SMILES string of the molecule is Cc1c(CCC(=O)Nc2ccc(CCO)cc2)c(=O)oc2cc3oc4c(c3cc12)CCCC4. The third-order valence-corrected chi connectivity index (χ3v) is 6.60. The van der Waals surface area contributed by atoms with Crippen LogP contribution in [0.1, 0.15) is 47.3 Å². The Morgan fingerprint density at radius 2 is 1.76 bits per heavy atom. The van der Waals surface area contributed by atoms with Crippen molar-refractivity contribution < 1.29 is 18.7 Å². The number of furan rings is 1. The molecule has 1 aliphatic rings. The third-order valence-electron chi connectivity index (χ3n) is 6.60. The van der Waals surface area contributed by atoms with E-state index in [1.807, 2.05) is 37.3 Å². The molecule has 5 rings (SSSR count). The molecule has 0 saturated carbocycles. The van der Waals surface area contributed by atoms with Gasteiger partial charge in [-0.2, -0.15) is 0 Å². The number of carbonyl (C=O) groups is 1. The fourth-order valence-corrected chi connectivity index (χ4v) is 4.78. The quantitative estimate of drug-likeness (QED) is 0.415. The molecular weight excluding hydrogens is 418 g/mol. The van der Waals surface area contributed by atoms with Crippen molar-refractivity contribution in [1.29, 1.82) is 0 Å². The smallest absolute Gasteiger partial charge is 0.339 e. The number of nitrogens with one attached hydrogen (secondary N) is 1. The molecule has 6 heteroatoms. The minimum absolute atomic E-state index is 0.0913. The van der Waals surface area contributed by atoms with Crippen LogP contribution < -0.4 is 10.9 Å². The normalized spacial score (nSPS) is 13.4. The van der Waals surface area contributed by atoms with Gasteiger partial charge in [0.15, 0.2) is 0 Å². The lowest BCUT2D eigenvalue weighted by Gasteiger charge is -2.10. The Hall–Kier alpha value is -3.38. The van der Waals surface area contributed by atoms with Gasteiger partial charge in [0.25, 0.3) is 0 Å². The highest BCUT2D eigenvalue weighted by Gasteiger charge is 2.20. The number of aliphatic hydroxyl groups excluding tert-OH is 1. The average molecular weight is 446 g/mol. The number of aryl methyl sites for hydroxylation is 3. The van der Waals surface area contributed by atoms with E-state index < -0.39 is 5.63 Å². The molecule has 33 heavy (non-hydrogen) atoms. The van der Waals surface area contributed by atoms with Crippen molar-refractivity contribution in [2.24, 2.45) is 0 Å². The van der Waals surface area contributed by atoms with Crippen LogP contribution in [0.2, 0.25) is 0 Å². The summed E-state index contributed by atoms with van der Waals surface area (Å²) in [5.74, 6) is 0.885. The molecule has 0 unspecified atom stereocenters. The third kappa shape index (κ3) is 4.18. The molecule has 2 aromatic heterocycles. The van der Waals surface area contributed by atoms with Gasteiger partial charge in [0.2, 0.25) is 5.91 Å². The van der Waals surface area contributed by atoms with E-state index in [-0.39, 0.29) is 18.9 Å². The van der Waals surface area contributed by atoms with Crippen LogP contribution >= 0.6 is 0 Å². The van der Waals surface area contributed by atoms with Crippen LogP contribution in [-0.4, -0.2) is 17.6 Å². The number of aliphatic hydroxyl groups is 1. The lowest BCUT2D eigenvalue weighted by molar-refractivity contribution is -0.116. The molecule has 2 N–H and O–H groups in total. The van der Waals surface area contributed by atoms with Gasteiger partial charge in [0.05, 0.1) is 0 Å². The van der Waals surface area contributed by atoms with E-state index in [4.69, 9.17) is 13.9 Å². The minimum Gasteiger partial charge on any atom is -0.461 e. The van der Waals surface area contributed by atoms with E-state index in [0.29, 0.717) is 29.7 Å². The second-order valence-electron chi connectivity index (χ2n) is 8.77. The number of rotatable bonds is 6. The maximum absolute atomic E-state index is 12.7. The van der Waals surface area contributed by atoms with Gasteiger partial charge in [0, 0.05) is 53.1 Å². The summed E-state index contributed by atoms with van der Waals surface area (Å²) in [5.41, 5.74) is 5.25. The van der Waals surface area contributed by atoms with Gasteiger partial charge in [-0.1, -0.05) is 12.1 Å². The number of benzene rings is 2. The zero-order chi connectivity index (χ0) is 22.9. The first-order chi connectivity index (χ1) is 16.0. The van der Waals surface area contributed by atoms with Crippen molar-refractivity contribution in [3.8, 4) is 0 Å². The highest BCUT2D eigenvalue weighted by molar-refractivity contribution is 5.97. The summed E-state index contributed by atoms with van der Waals surface area (Å²) in [5, 5.41) is 13.9. The highest BCUT2D eigenvalue weighted by atomic mass is 16.4. The number of fused-ring (bicyclic) bond motifs is 4. The standard InChI is InChI=1S/C27H27NO5/c1-16-19(10-11-26(30)28-18-8-6-17(7-9-18)12-13-29)27(31)33-24-15-25-22(14-21(16)24)20-4-2-3-5-23(20)32-25/h6-9,14-15,29H,2-5,10-13H2,1H3,(H,28,30). The van der Waals surface area contributed by atoms with Gasteiger partial charge < -0.3 is 19.3 Å². The van der Waals surface area contributed by atoms with Crippen molar-refractivity contribution in [1.82, 2.24) is 0 Å². The molecule has 4 aromatic rings. The summed E-state index contributed by atoms with van der Waals surface area (Å²) >= 11 is 0. The Morgan fingerprint density at radius 3 is 2.55 bits per heavy atom. The maximum Gasteiger partial charge on any atom is 0.339 e. The van der Waals surface area contributed by atoms with Crippen LogP contribution in [0.25, 0.3) is 21.9 Å². The second kappa shape index (κ2) is 8.87. The molecule has 170 valence electrons. The topological polar surface area (TPSA) is 92.7 Å². The molecule has 1 amide bonds. The molecule has 0 bridgehead atoms. The molecule has 0 spiro atoms. The number of hydrogen-bond donors (Lipinski definition) is 2. The van der Waals surface area contributed by atoms with Gasteiger partial charge in [0.1, 0.15) is 16.9 Å². The van der Waals surface area contributed by atoms with Crippen LogP contribution in [0.4, 0.5) is 5.69 Å². The molecule has 2 heterocycles. The molecule has 0 saturated heterocycles. The van der Waals surface area contributed by atoms with Crippen LogP contribution in [0.15, 0.2) is 50.0 Å². The predicted octanol–water partition coefficient (Wildman–Crippen LogP) is 4.83. The van der Waals surface area contributed by atoms with E-state index in [2.05, 4.69) is 11.4 Å². The van der Waals surface area contributed by atoms with Crippen LogP contribution in [0.3, 0.4) is 0 Å². The number of amides is 1. The summed E-state index contributed by atoms with van der Waals surface area (Å²) in [6.07, 6.45) is 5.33. The molecular formula is C27H27NO5. The molecule has 0 atom stereocenters. The predicted molar refractivity (Wildman–Crippen MR) is 128 cm³/mol. The summed E-state index contributed by atoms with van der Waals surface area (Å²) in [7, 11) is 0. The van der Waals surface area contributed by atoms with Crippen molar-refractivity contribution in [2.45, 2.75) is 51.9 Å². The van der Waals surface area contributed by atoms with Crippen molar-refractivity contribution >= 4 is 33.5 Å². The first-order valence-corrected chi connectivity index (χ1v) is 11.5. The van der Waals surface area contributed by atoms with Crippen LogP contribution in [0.5, 0.6) is 0 Å². The molecule has 0 fully saturated rings. The molecule has 2 aromatic carbocycles. The molecule has 1 aliphatic carbocycles. The van der Waals surface area contributed by atoms with Gasteiger partial charge in [-0.15, -0.1) is 0 Å². The van der Waals surface area contributed by atoms with Crippen molar-refractivity contribution in [3.05, 3.63) is 74.8 Å². The minimum atomic E-state index is -0.406. The zero-order valence-corrected chi connectivity index (χ0v) is 18.7. The average Bonchev–Trinajstić information content (AvgIpc) is 3.17. The van der Waals surface area contributed by atoms with E-state index >= 15 is 0 Å². The Morgan fingerprint density at radius 1 is 1.00 bits per heavy atom. The Balaban J connectivity index is 1.37. The zero-order valence-electron chi connectivity index (χ0n) is 18.7. The number of carbonyl (C=O) groups excluding carboxylic acids is 1. The van der Waals surface area contributed by atoms with Crippen LogP contribution in [-0.2, 0) is 30.5 Å². The van der Waals surface area contributed by atoms with Crippen LogP contribution in [0, 0.1) is 6.92 Å². The summed E-state index contributed by atoms with van der Waals surface area (Å²) in [6, 6.07) is 11.3. The van der Waals surface area contributed by atoms with Gasteiger partial charge in [-0.05, 0) is 68.4 Å². The molecule has 0 aliphatic heterocycles. The van der Waals surface area contributed by atoms with E-state index in [1.54, 1.807) is 0 Å². The van der Waals surface area contributed by atoms with Crippen molar-refractivity contribution in [3.63, 3.8) is 0 Å². The first kappa shape index (κ1) is 21.5. The highest BCUT2D eigenvalue weighted by Crippen LogP contribution is 2.35.